The van der Waals surface area contributed by atoms with Crippen molar-refractivity contribution in [3.63, 3.8) is 0 Å². The van der Waals surface area contributed by atoms with Crippen LogP contribution in [0.4, 0.5) is 32.4 Å². The van der Waals surface area contributed by atoms with Gasteiger partial charge in [0.2, 0.25) is 70.3 Å². The number of nitrogens with one attached hydrogen (secondary N) is 5. The zero-order valence-corrected chi connectivity index (χ0v) is 58.0. The molecule has 4 aromatic rings. The summed E-state index contributed by atoms with van der Waals surface area (Å²) < 4.78 is 110. The normalized spacial score (nSPS) is 15.3. The average molecular weight is 1410 g/mol. The van der Waals surface area contributed by atoms with Gasteiger partial charge < -0.3 is 74.3 Å². The molecule has 1 aliphatic rings. The number of nitrogens with zero attached hydrogens (tertiary/aromatic N) is 3. The van der Waals surface area contributed by atoms with E-state index in [2.05, 4.69) is 36.3 Å². The lowest BCUT2D eigenvalue weighted by molar-refractivity contribution is -0.148. The summed E-state index contributed by atoms with van der Waals surface area (Å²) in [5.41, 5.74) is 0.555. The van der Waals surface area contributed by atoms with Gasteiger partial charge in [0.1, 0.15) is 23.2 Å². The van der Waals surface area contributed by atoms with Crippen molar-refractivity contribution in [3.8, 4) is 5.75 Å². The Bertz CT molecular complexity index is 3190. The van der Waals surface area contributed by atoms with Gasteiger partial charge in [-0.1, -0.05) is 83.5 Å². The number of alkyl carbamates (subject to hydrolysis) is 1. The molecule has 2 heterocycles. The number of likely N-dealkylation sites (N-methyl/N-ethyl adjacent to an activating group) is 1. The lowest BCUT2D eigenvalue weighted by Gasteiger charge is -2.41. The Morgan fingerprint density at radius 2 is 1.34 bits per heavy atom. The lowest BCUT2D eigenvalue weighted by Crippen LogP contribution is -2.62. The molecule has 0 spiro atoms. The number of anilines is 1. The second-order valence-electron chi connectivity index (χ2n) is 24.4. The summed E-state index contributed by atoms with van der Waals surface area (Å²) >= 11 is 1.47. The first-order valence-electron chi connectivity index (χ1n) is 32.5. The summed E-state index contributed by atoms with van der Waals surface area (Å²) in [4.78, 5) is 115. The highest BCUT2D eigenvalue weighted by Crippen LogP contribution is 2.32. The molecule has 0 bridgehead atoms. The van der Waals surface area contributed by atoms with Gasteiger partial charge in [0, 0.05) is 58.0 Å². The summed E-state index contributed by atoms with van der Waals surface area (Å²) in [5, 5.41) is 16.7. The number of likely N-dealkylation sites (tertiary alicyclic amines) is 1. The molecular formula is C68H93F5N8O16S. The van der Waals surface area contributed by atoms with E-state index < -0.39 is 113 Å². The van der Waals surface area contributed by atoms with Gasteiger partial charge in [-0.05, 0) is 68.2 Å². The van der Waals surface area contributed by atoms with Crippen LogP contribution in [0.5, 0.6) is 5.75 Å². The zero-order chi connectivity index (χ0) is 72.1. The number of hydrogen-bond acceptors (Lipinski definition) is 18. The molecule has 5 rings (SSSR count). The Hall–Kier alpha value is -7.74. The molecule has 0 aliphatic carbocycles. The minimum Gasteiger partial charge on any atom is -0.445 e. The summed E-state index contributed by atoms with van der Waals surface area (Å²) in [6, 6.07) is 14.0. The highest BCUT2D eigenvalue weighted by atomic mass is 32.1. The van der Waals surface area contributed by atoms with Gasteiger partial charge in [-0.25, -0.2) is 22.9 Å². The van der Waals surface area contributed by atoms with Crippen molar-refractivity contribution >= 4 is 64.5 Å². The number of carbonyl (C=O) groups is 8. The molecule has 5 N–H and O–H groups in total. The van der Waals surface area contributed by atoms with Crippen molar-refractivity contribution < 1.29 is 98.2 Å². The van der Waals surface area contributed by atoms with E-state index in [0.29, 0.717) is 43.5 Å². The van der Waals surface area contributed by atoms with E-state index in [0.717, 1.165) is 10.6 Å². The Morgan fingerprint density at radius 1 is 0.735 bits per heavy atom. The van der Waals surface area contributed by atoms with Crippen molar-refractivity contribution in [2.24, 2.45) is 17.8 Å². The molecule has 3 aromatic carbocycles. The van der Waals surface area contributed by atoms with Crippen molar-refractivity contribution in [2.45, 2.75) is 148 Å². The average Bonchev–Trinajstić information content (AvgIpc) is 0.879. The zero-order valence-electron chi connectivity index (χ0n) is 57.2. The fourth-order valence-electron chi connectivity index (χ4n) is 10.8. The smallest absolute Gasteiger partial charge is 0.408 e. The fourth-order valence-corrected chi connectivity index (χ4v) is 11.5. The first-order chi connectivity index (χ1) is 46.7. The SMILES string of the molecule is CC[C@H](C)[C@@H]([C@@H](CC(=O)N1CCC[C@H]1C(OC)[C@@H](C)C(=O)N[C@@H](Cc1ccccc1)c1nccs1)OC)N(C)C(=O)[C@@H](NC(=O)C(C)(C)NC(=O)OCc1ccc(NC(=O)CCOCCOCCNC(=O)CCOCCOCCC(=O)Oc2c(F)c(F)c(F)c(F)c2F)cc1)C(C)C. The van der Waals surface area contributed by atoms with Gasteiger partial charge in [-0.3, -0.25) is 33.6 Å². The number of esters is 1. The minimum atomic E-state index is -2.39. The minimum absolute atomic E-state index is 0.00997. The predicted molar refractivity (Wildman–Crippen MR) is 351 cm³/mol. The molecule has 1 aromatic heterocycles. The fraction of sp³-hybridized carbons (Fsp3) is 0.574. The second-order valence-corrected chi connectivity index (χ2v) is 25.3. The number of benzene rings is 3. The van der Waals surface area contributed by atoms with Crippen molar-refractivity contribution in [1.29, 1.82) is 0 Å². The highest BCUT2D eigenvalue weighted by molar-refractivity contribution is 7.09. The topological polar surface area (TPSA) is 290 Å². The van der Waals surface area contributed by atoms with Crippen LogP contribution < -0.4 is 31.3 Å². The number of aromatic nitrogens is 1. The van der Waals surface area contributed by atoms with Gasteiger partial charge in [0.15, 0.2) is 0 Å². The van der Waals surface area contributed by atoms with Crippen molar-refractivity contribution in [2.75, 3.05) is 92.5 Å². The van der Waals surface area contributed by atoms with E-state index in [1.165, 1.54) is 32.3 Å². The molecule has 1 fully saturated rings. The van der Waals surface area contributed by atoms with Crippen LogP contribution in [0, 0.1) is 46.8 Å². The van der Waals surface area contributed by atoms with Crippen LogP contribution in [0.3, 0.4) is 0 Å². The van der Waals surface area contributed by atoms with Gasteiger partial charge in [-0.2, -0.15) is 8.78 Å². The number of halogens is 5. The third-order valence-electron chi connectivity index (χ3n) is 16.5. The molecule has 30 heteroatoms. The Kier molecular flexibility index (Phi) is 33.8. The molecule has 24 nitrogen and oxygen atoms in total. The maximum absolute atomic E-state index is 14.6. The van der Waals surface area contributed by atoms with Gasteiger partial charge in [-0.15, -0.1) is 11.3 Å². The number of methoxy groups -OCH3 is 2. The van der Waals surface area contributed by atoms with E-state index >= 15 is 0 Å². The number of amides is 7. The summed E-state index contributed by atoms with van der Waals surface area (Å²) in [6.45, 7) is 13.1. The third-order valence-corrected chi connectivity index (χ3v) is 17.4. The standard InChI is InChI=1S/C68H93F5N8O16S/c1-11-42(4)60(49(90-9)39-52(84)81-28-15-18-48(81)61(91-10)43(5)63(86)77-47(64-75-27-37-98-64)38-44-16-13-12-14-17-44)80(8)65(87)59(41(2)3)78-66(88)68(6,7)79-67(89)96-40-45-19-21-46(22-20-45)76-51(83)24-30-93-35-36-95-32-26-74-50(82)23-29-92-33-34-94-31-25-53(85)97-62-57(72)55(70)54(69)56(71)58(62)73/h12-14,16-17,19-22,27,37,41-43,47-49,59-61H,11,15,18,23-26,28-36,38-40H2,1-10H3,(H,74,82)(H,76,83)(H,77,86)(H,78,88)(H,79,89)/t42-,43+,47-,48-,49+,59-,60-,61?/m0/s1. The molecule has 98 heavy (non-hydrogen) atoms. The van der Waals surface area contributed by atoms with Crippen molar-refractivity contribution in [1.82, 2.24) is 36.1 Å². The molecule has 1 unspecified atom stereocenters. The molecule has 0 radical (unpaired) electrons. The highest BCUT2D eigenvalue weighted by Gasteiger charge is 2.44. The number of thiazole rings is 1. The van der Waals surface area contributed by atoms with E-state index in [-0.39, 0.29) is 121 Å². The molecule has 8 atom stereocenters. The maximum atomic E-state index is 14.6. The van der Waals surface area contributed by atoms with E-state index in [4.69, 9.17) is 33.2 Å². The van der Waals surface area contributed by atoms with Crippen LogP contribution in [0.15, 0.2) is 66.2 Å². The molecule has 7 amide bonds. The van der Waals surface area contributed by atoms with Crippen molar-refractivity contribution in [3.05, 3.63) is 111 Å². The van der Waals surface area contributed by atoms with E-state index in [1.54, 1.807) is 68.3 Å². The monoisotopic (exact) mass is 1400 g/mol. The second kappa shape index (κ2) is 41.0. The summed E-state index contributed by atoms with van der Waals surface area (Å²) in [7, 11) is 4.69. The molecule has 1 aliphatic heterocycles. The molecule has 0 saturated carbocycles. The quantitative estimate of drug-likeness (QED) is 0.00703. The largest absolute Gasteiger partial charge is 0.445 e. The van der Waals surface area contributed by atoms with Gasteiger partial charge in [0.05, 0.1) is 108 Å². The van der Waals surface area contributed by atoms with E-state index in [1.807, 2.05) is 56.5 Å². The van der Waals surface area contributed by atoms with Crippen LogP contribution in [0.1, 0.15) is 116 Å². The van der Waals surface area contributed by atoms with Crippen LogP contribution in [0.25, 0.3) is 0 Å². The van der Waals surface area contributed by atoms with Gasteiger partial charge in [0.25, 0.3) is 0 Å². The first-order valence-corrected chi connectivity index (χ1v) is 33.4. The lowest BCUT2D eigenvalue weighted by atomic mass is 9.89. The predicted octanol–water partition coefficient (Wildman–Crippen LogP) is 7.90. The van der Waals surface area contributed by atoms with Crippen LogP contribution in [0.2, 0.25) is 0 Å². The molecular weight excluding hydrogens is 1310 g/mol. The number of carbonyl (C=O) groups excluding carboxylic acids is 8. The molecule has 542 valence electrons. The number of hydrogen-bond donors (Lipinski definition) is 5. The van der Waals surface area contributed by atoms with Crippen LogP contribution >= 0.6 is 11.3 Å². The number of rotatable bonds is 42. The molecule has 1 saturated heterocycles. The van der Waals surface area contributed by atoms with Crippen LogP contribution in [-0.2, 0) is 79.7 Å². The van der Waals surface area contributed by atoms with Crippen LogP contribution in [-0.4, -0.2) is 185 Å². The summed E-state index contributed by atoms with van der Waals surface area (Å²) in [6.07, 6.45) is 1.34. The van der Waals surface area contributed by atoms with Gasteiger partial charge >= 0.3 is 12.1 Å². The van der Waals surface area contributed by atoms with E-state index in [9.17, 15) is 60.3 Å². The summed E-state index contributed by atoms with van der Waals surface area (Å²) in [5.74, 6) is -17.8. The Morgan fingerprint density at radius 3 is 1.92 bits per heavy atom. The Labute approximate surface area is 572 Å². The Balaban J connectivity index is 0.965. The first kappa shape index (κ1) is 80.9. The third kappa shape index (κ3) is 24.9. The number of ether oxygens (including phenoxy) is 8. The maximum Gasteiger partial charge on any atom is 0.408 e.